The Bertz CT molecular complexity index is 218. The van der Waals surface area contributed by atoms with Crippen molar-refractivity contribution in [2.24, 2.45) is 11.7 Å². The van der Waals surface area contributed by atoms with Gasteiger partial charge in [0.25, 0.3) is 0 Å². The number of allylic oxidation sites excluding steroid dienone is 3. The molecule has 66 valence electrons. The Labute approximate surface area is 75.3 Å². The quantitative estimate of drug-likeness (QED) is 0.466. The molecular formula is C11H17N. The predicted octanol–water partition coefficient (Wildman–Crippen LogP) is 2.45. The Hall–Kier alpha value is -1.16. The average Bonchev–Trinajstić information content (AvgIpc) is 2.33. The van der Waals surface area contributed by atoms with Gasteiger partial charge in [0.2, 0.25) is 0 Å². The summed E-state index contributed by atoms with van der Waals surface area (Å²) in [5, 5.41) is 0. The van der Waals surface area contributed by atoms with Crippen molar-refractivity contribution in [2.75, 3.05) is 0 Å². The van der Waals surface area contributed by atoms with E-state index in [9.17, 15) is 0 Å². The van der Waals surface area contributed by atoms with Gasteiger partial charge < -0.3 is 5.73 Å². The lowest BCUT2D eigenvalue weighted by Gasteiger charge is -2.01. The van der Waals surface area contributed by atoms with Gasteiger partial charge in [-0.3, -0.25) is 0 Å². The topological polar surface area (TPSA) is 26.0 Å². The van der Waals surface area contributed by atoms with Crippen molar-refractivity contribution in [3.8, 4) is 12.5 Å². The second-order valence-corrected chi connectivity index (χ2v) is 3.05. The molecule has 0 aromatic carbocycles. The molecule has 1 nitrogen and oxygen atoms in total. The number of terminal acetylenes is 1. The summed E-state index contributed by atoms with van der Waals surface area (Å²) in [4.78, 5) is 0. The highest BCUT2D eigenvalue weighted by atomic mass is 14.4. The third kappa shape index (κ3) is 2.84. The summed E-state index contributed by atoms with van der Waals surface area (Å²) in [7, 11) is 0. The van der Waals surface area contributed by atoms with Gasteiger partial charge in [-0.05, 0) is 37.3 Å². The number of nitrogens with two attached hydrogens (primary N) is 1. The van der Waals surface area contributed by atoms with Crippen molar-refractivity contribution in [1.29, 1.82) is 0 Å². The van der Waals surface area contributed by atoms with E-state index in [4.69, 9.17) is 0 Å². The van der Waals surface area contributed by atoms with Crippen LogP contribution in [-0.2, 0) is 0 Å². The van der Waals surface area contributed by atoms with Crippen LogP contribution in [0.2, 0.25) is 0 Å². The summed E-state index contributed by atoms with van der Waals surface area (Å²) in [5.41, 5.74) is 7.40. The van der Waals surface area contributed by atoms with E-state index in [-0.39, 0.29) is 0 Å². The Balaban J connectivity index is 0.000000354. The smallest absolute Gasteiger partial charge is 0.00200 e. The maximum atomic E-state index is 4.38. The Morgan fingerprint density at radius 1 is 1.75 bits per heavy atom. The van der Waals surface area contributed by atoms with Crippen molar-refractivity contribution in [3.05, 3.63) is 23.8 Å². The third-order valence-electron chi connectivity index (χ3n) is 2.20. The molecular weight excluding hydrogens is 146 g/mol. The SMILES string of the molecule is C#CN.C=CC1=C(C)CCC1C. The first-order valence-electron chi connectivity index (χ1n) is 4.15. The average molecular weight is 163 g/mol. The van der Waals surface area contributed by atoms with Crippen molar-refractivity contribution < 1.29 is 0 Å². The molecule has 12 heavy (non-hydrogen) atoms. The van der Waals surface area contributed by atoms with Gasteiger partial charge in [0, 0.05) is 0 Å². The summed E-state index contributed by atoms with van der Waals surface area (Å²) in [6.07, 6.45) is 8.99. The standard InChI is InChI=1S/C9H14.C2H3N/c1-4-9-7(2)5-6-8(9)3;1-2-3/h4,7H,1,5-6H2,2-3H3;1H,3H2. The zero-order valence-corrected chi connectivity index (χ0v) is 7.93. The van der Waals surface area contributed by atoms with Gasteiger partial charge in [-0.15, -0.1) is 0 Å². The molecule has 1 unspecified atom stereocenters. The lowest BCUT2D eigenvalue weighted by Crippen LogP contribution is -1.87. The summed E-state index contributed by atoms with van der Waals surface area (Å²) in [6, 6.07) is 1.75. The van der Waals surface area contributed by atoms with Gasteiger partial charge in [-0.25, -0.2) is 0 Å². The maximum Gasteiger partial charge on any atom is -0.00200 e. The van der Waals surface area contributed by atoms with Crippen LogP contribution >= 0.6 is 0 Å². The zero-order chi connectivity index (χ0) is 9.56. The van der Waals surface area contributed by atoms with E-state index in [1.54, 1.807) is 6.04 Å². The molecule has 1 heteroatoms. The Morgan fingerprint density at radius 2 is 2.25 bits per heavy atom. The molecule has 0 aliphatic heterocycles. The molecule has 2 N–H and O–H groups in total. The van der Waals surface area contributed by atoms with E-state index in [2.05, 4.69) is 32.6 Å². The second-order valence-electron chi connectivity index (χ2n) is 3.05. The molecule has 0 spiro atoms. The van der Waals surface area contributed by atoms with Crippen LogP contribution in [0.15, 0.2) is 23.8 Å². The van der Waals surface area contributed by atoms with Gasteiger partial charge in [-0.2, -0.15) is 0 Å². The van der Waals surface area contributed by atoms with Crippen LogP contribution in [-0.4, -0.2) is 0 Å². The molecule has 1 rings (SSSR count). The van der Waals surface area contributed by atoms with Gasteiger partial charge in [0.1, 0.15) is 0 Å². The van der Waals surface area contributed by atoms with Crippen LogP contribution in [0.25, 0.3) is 0 Å². The minimum Gasteiger partial charge on any atom is -0.360 e. The molecule has 0 saturated carbocycles. The number of hydrogen-bond donors (Lipinski definition) is 1. The van der Waals surface area contributed by atoms with Gasteiger partial charge in [0.05, 0.1) is 0 Å². The van der Waals surface area contributed by atoms with Gasteiger partial charge in [-0.1, -0.05) is 31.6 Å². The van der Waals surface area contributed by atoms with E-state index in [1.165, 1.54) is 24.0 Å². The lowest BCUT2D eigenvalue weighted by molar-refractivity contribution is 0.680. The maximum absolute atomic E-state index is 4.38. The minimum absolute atomic E-state index is 0.766. The molecule has 0 radical (unpaired) electrons. The van der Waals surface area contributed by atoms with Crippen LogP contribution in [0.5, 0.6) is 0 Å². The van der Waals surface area contributed by atoms with E-state index in [0.29, 0.717) is 0 Å². The van der Waals surface area contributed by atoms with Gasteiger partial charge in [0.15, 0.2) is 0 Å². The van der Waals surface area contributed by atoms with Crippen LogP contribution in [0.1, 0.15) is 26.7 Å². The Kier molecular flexibility index (Phi) is 4.96. The first-order chi connectivity index (χ1) is 5.67. The van der Waals surface area contributed by atoms with E-state index >= 15 is 0 Å². The molecule has 0 heterocycles. The van der Waals surface area contributed by atoms with E-state index in [1.807, 2.05) is 6.08 Å². The molecule has 0 amide bonds. The highest BCUT2D eigenvalue weighted by Gasteiger charge is 2.15. The number of rotatable bonds is 1. The summed E-state index contributed by atoms with van der Waals surface area (Å²) in [6.45, 7) is 8.27. The highest BCUT2D eigenvalue weighted by molar-refractivity contribution is 5.29. The van der Waals surface area contributed by atoms with Crippen molar-refractivity contribution in [2.45, 2.75) is 26.7 Å². The molecule has 0 fully saturated rings. The van der Waals surface area contributed by atoms with E-state index in [0.717, 1.165) is 5.92 Å². The fourth-order valence-corrected chi connectivity index (χ4v) is 1.53. The normalized spacial score (nSPS) is 20.9. The van der Waals surface area contributed by atoms with Crippen molar-refractivity contribution >= 4 is 0 Å². The van der Waals surface area contributed by atoms with Crippen LogP contribution in [0.4, 0.5) is 0 Å². The lowest BCUT2D eigenvalue weighted by atomic mass is 10.0. The Morgan fingerprint density at radius 3 is 2.42 bits per heavy atom. The third-order valence-corrected chi connectivity index (χ3v) is 2.20. The summed E-state index contributed by atoms with van der Waals surface area (Å²) < 4.78 is 0. The van der Waals surface area contributed by atoms with Crippen LogP contribution in [0.3, 0.4) is 0 Å². The first-order valence-corrected chi connectivity index (χ1v) is 4.15. The first kappa shape index (κ1) is 10.8. The fourth-order valence-electron chi connectivity index (χ4n) is 1.53. The van der Waals surface area contributed by atoms with Crippen LogP contribution < -0.4 is 5.73 Å². The van der Waals surface area contributed by atoms with Crippen molar-refractivity contribution in [3.63, 3.8) is 0 Å². The van der Waals surface area contributed by atoms with Crippen LogP contribution in [0, 0.1) is 18.4 Å². The molecule has 1 aliphatic carbocycles. The summed E-state index contributed by atoms with van der Waals surface area (Å²) >= 11 is 0. The fraction of sp³-hybridized carbons (Fsp3) is 0.455. The second kappa shape index (κ2) is 5.49. The monoisotopic (exact) mass is 163 g/mol. The molecule has 0 aromatic heterocycles. The number of hydrogen-bond acceptors (Lipinski definition) is 1. The summed E-state index contributed by atoms with van der Waals surface area (Å²) in [5.74, 6) is 0.766. The van der Waals surface area contributed by atoms with Gasteiger partial charge >= 0.3 is 0 Å². The molecule has 1 aliphatic rings. The molecule has 1 atom stereocenters. The molecule has 0 bridgehead atoms. The molecule has 0 saturated heterocycles. The zero-order valence-electron chi connectivity index (χ0n) is 7.93. The predicted molar refractivity (Wildman–Crippen MR) is 54.3 cm³/mol. The highest BCUT2D eigenvalue weighted by Crippen LogP contribution is 2.31. The molecule has 0 aromatic rings. The van der Waals surface area contributed by atoms with Crippen molar-refractivity contribution in [1.82, 2.24) is 0 Å². The van der Waals surface area contributed by atoms with E-state index < -0.39 is 0 Å². The minimum atomic E-state index is 0.766. The largest absolute Gasteiger partial charge is 0.360 e.